The number of amides is 1. The van der Waals surface area contributed by atoms with Crippen molar-refractivity contribution in [2.75, 3.05) is 28.3 Å². The number of β-lactam (4-membered cyclic amide) rings is 1. The molecule has 1 saturated heterocycles. The highest BCUT2D eigenvalue weighted by molar-refractivity contribution is 8.01. The van der Waals surface area contributed by atoms with Crippen LogP contribution in [-0.2, 0) is 32.9 Å². The van der Waals surface area contributed by atoms with Gasteiger partial charge in [0.15, 0.2) is 0 Å². The molecule has 1 amide bonds. The summed E-state index contributed by atoms with van der Waals surface area (Å²) in [6.07, 6.45) is 2.64. The van der Waals surface area contributed by atoms with Crippen LogP contribution in [0.4, 0.5) is 5.95 Å². The molecule has 34 heavy (non-hydrogen) atoms. The number of thioether (sulfide) groups is 2. The zero-order chi connectivity index (χ0) is 24.5. The molecule has 0 saturated carbocycles. The normalized spacial score (nSPS) is 20.3. The van der Waals surface area contributed by atoms with Gasteiger partial charge in [0.1, 0.15) is 27.0 Å². The van der Waals surface area contributed by atoms with E-state index < -0.39 is 21.8 Å². The van der Waals surface area contributed by atoms with Gasteiger partial charge in [-0.15, -0.1) is 16.9 Å². The fourth-order valence-electron chi connectivity index (χ4n) is 3.62. The fourth-order valence-corrected chi connectivity index (χ4v) is 6.82. The Labute approximate surface area is 204 Å². The predicted molar refractivity (Wildman–Crippen MR) is 126 cm³/mol. The number of rotatable bonds is 11. The van der Waals surface area contributed by atoms with E-state index in [1.807, 2.05) is 0 Å². The van der Waals surface area contributed by atoms with E-state index in [0.717, 1.165) is 0 Å². The van der Waals surface area contributed by atoms with Gasteiger partial charge in [-0.05, 0) is 28.8 Å². The lowest BCUT2D eigenvalue weighted by Crippen LogP contribution is -2.67. The standard InChI is InChI=1S/C18H24N8O5S3/c1-3-34(30,31)6-4-5-11-7-19-17(20-11)21-12-14(27)26-13(16(28)29)10(8-32-15(12)26)9-33-18-22-23-24-25(18)2/h7,12,15H,3-6,8-9H2,1-2H3,(H,28,29)(H2,19,20,21)/t12?,15-/m0/s1. The van der Waals surface area contributed by atoms with Crippen LogP contribution in [0, 0.1) is 0 Å². The molecule has 1 unspecified atom stereocenters. The second-order valence-electron chi connectivity index (χ2n) is 7.74. The van der Waals surface area contributed by atoms with Crippen LogP contribution in [0.1, 0.15) is 19.0 Å². The van der Waals surface area contributed by atoms with Gasteiger partial charge in [-0.3, -0.25) is 9.69 Å². The highest BCUT2D eigenvalue weighted by Gasteiger charge is 2.53. The van der Waals surface area contributed by atoms with Crippen LogP contribution in [0.15, 0.2) is 22.6 Å². The summed E-state index contributed by atoms with van der Waals surface area (Å²) in [4.78, 5) is 33.5. The average molecular weight is 529 g/mol. The van der Waals surface area contributed by atoms with Crippen molar-refractivity contribution in [1.82, 2.24) is 35.1 Å². The summed E-state index contributed by atoms with van der Waals surface area (Å²) in [6.45, 7) is 1.62. The maximum Gasteiger partial charge on any atom is 0.352 e. The van der Waals surface area contributed by atoms with Gasteiger partial charge in [-0.25, -0.2) is 22.9 Å². The summed E-state index contributed by atoms with van der Waals surface area (Å²) in [5.41, 5.74) is 1.33. The maximum atomic E-state index is 12.9. The molecule has 2 aliphatic heterocycles. The molecule has 1 fully saturated rings. The Bertz CT molecular complexity index is 1220. The van der Waals surface area contributed by atoms with Crippen LogP contribution in [0.5, 0.6) is 0 Å². The molecule has 0 bridgehead atoms. The number of tetrazole rings is 1. The summed E-state index contributed by atoms with van der Waals surface area (Å²) in [5, 5.41) is 24.3. The number of sulfone groups is 1. The SMILES string of the molecule is CCS(=O)(=O)CCCc1c[nH]c(NC2C(=O)N3C(C(=O)O)=C(CSc4nnnn4C)CS[C@@H]23)n1. The first-order chi connectivity index (χ1) is 16.2. The number of carboxylic acid groups (broad SMARTS) is 1. The summed E-state index contributed by atoms with van der Waals surface area (Å²) >= 11 is 2.79. The van der Waals surface area contributed by atoms with Crippen LogP contribution in [0.25, 0.3) is 0 Å². The Morgan fingerprint density at radius 3 is 2.91 bits per heavy atom. The minimum atomic E-state index is -3.02. The monoisotopic (exact) mass is 528 g/mol. The number of carboxylic acids is 1. The Morgan fingerprint density at radius 1 is 1.44 bits per heavy atom. The van der Waals surface area contributed by atoms with Crippen molar-refractivity contribution in [1.29, 1.82) is 0 Å². The van der Waals surface area contributed by atoms with E-state index in [4.69, 9.17) is 0 Å². The molecule has 2 aromatic heterocycles. The molecule has 0 aliphatic carbocycles. The first-order valence-corrected chi connectivity index (χ1v) is 14.3. The van der Waals surface area contributed by atoms with Crippen LogP contribution in [-0.4, -0.2) is 94.9 Å². The van der Waals surface area contributed by atoms with Gasteiger partial charge in [-0.1, -0.05) is 18.7 Å². The lowest BCUT2D eigenvalue weighted by atomic mass is 10.0. The second kappa shape index (κ2) is 9.95. The van der Waals surface area contributed by atoms with E-state index in [-0.39, 0.29) is 28.5 Å². The van der Waals surface area contributed by atoms with E-state index in [1.54, 1.807) is 20.2 Å². The van der Waals surface area contributed by atoms with Crippen LogP contribution >= 0.6 is 23.5 Å². The highest BCUT2D eigenvalue weighted by atomic mass is 32.2. The largest absolute Gasteiger partial charge is 0.477 e. The summed E-state index contributed by atoms with van der Waals surface area (Å²) in [7, 11) is -1.33. The molecule has 2 aliphatic rings. The Balaban J connectivity index is 1.38. The lowest BCUT2D eigenvalue weighted by molar-refractivity contribution is -0.147. The number of anilines is 1. The number of fused-ring (bicyclic) bond motifs is 1. The van der Waals surface area contributed by atoms with Crippen molar-refractivity contribution in [2.24, 2.45) is 7.05 Å². The van der Waals surface area contributed by atoms with E-state index in [1.165, 1.54) is 33.1 Å². The Kier molecular flexibility index (Phi) is 7.18. The van der Waals surface area contributed by atoms with Gasteiger partial charge in [0, 0.05) is 30.5 Å². The van der Waals surface area contributed by atoms with E-state index in [2.05, 4.69) is 30.8 Å². The van der Waals surface area contributed by atoms with Crippen LogP contribution in [0.2, 0.25) is 0 Å². The number of aromatic amines is 1. The van der Waals surface area contributed by atoms with Gasteiger partial charge in [-0.2, -0.15) is 0 Å². The minimum Gasteiger partial charge on any atom is -0.477 e. The number of nitrogens with one attached hydrogen (secondary N) is 2. The predicted octanol–water partition coefficient (Wildman–Crippen LogP) is 0.127. The van der Waals surface area contributed by atoms with Crippen molar-refractivity contribution in [2.45, 2.75) is 36.3 Å². The smallest absolute Gasteiger partial charge is 0.352 e. The molecule has 16 heteroatoms. The Hall–Kier alpha value is -2.59. The molecule has 0 aromatic carbocycles. The highest BCUT2D eigenvalue weighted by Crippen LogP contribution is 2.42. The third-order valence-electron chi connectivity index (χ3n) is 5.46. The molecular formula is C18H24N8O5S3. The minimum absolute atomic E-state index is 0.00620. The Morgan fingerprint density at radius 2 is 2.24 bits per heavy atom. The van der Waals surface area contributed by atoms with Crippen molar-refractivity contribution in [3.8, 4) is 0 Å². The molecule has 0 radical (unpaired) electrons. The quantitative estimate of drug-likeness (QED) is 0.266. The molecule has 13 nitrogen and oxygen atoms in total. The van der Waals surface area contributed by atoms with Crippen molar-refractivity contribution < 1.29 is 23.1 Å². The third-order valence-corrected chi connectivity index (χ3v) is 9.68. The number of imidazole rings is 1. The van der Waals surface area contributed by atoms with E-state index in [9.17, 15) is 23.1 Å². The van der Waals surface area contributed by atoms with Gasteiger partial charge >= 0.3 is 5.97 Å². The van der Waals surface area contributed by atoms with E-state index in [0.29, 0.717) is 46.7 Å². The van der Waals surface area contributed by atoms with Gasteiger partial charge in [0.2, 0.25) is 11.1 Å². The molecule has 2 aromatic rings. The lowest BCUT2D eigenvalue weighted by Gasteiger charge is -2.49. The zero-order valence-electron chi connectivity index (χ0n) is 18.5. The van der Waals surface area contributed by atoms with Gasteiger partial charge < -0.3 is 15.4 Å². The number of aryl methyl sites for hydroxylation is 2. The van der Waals surface area contributed by atoms with Gasteiger partial charge in [0.05, 0.1) is 11.4 Å². The van der Waals surface area contributed by atoms with Gasteiger partial charge in [0.25, 0.3) is 5.91 Å². The molecule has 0 spiro atoms. The zero-order valence-corrected chi connectivity index (χ0v) is 20.9. The van der Waals surface area contributed by atoms with Crippen molar-refractivity contribution in [3.63, 3.8) is 0 Å². The average Bonchev–Trinajstić information content (AvgIpc) is 3.43. The fraction of sp³-hybridized carbons (Fsp3) is 0.556. The molecule has 4 rings (SSSR count). The number of aromatic nitrogens is 6. The second-order valence-corrected chi connectivity index (χ2v) is 12.3. The summed E-state index contributed by atoms with van der Waals surface area (Å²) < 4.78 is 24.8. The van der Waals surface area contributed by atoms with Crippen molar-refractivity contribution >= 4 is 51.2 Å². The first kappa shape index (κ1) is 24.5. The van der Waals surface area contributed by atoms with Crippen molar-refractivity contribution in [3.05, 3.63) is 23.2 Å². The number of H-pyrrole nitrogens is 1. The number of carbonyl (C=O) groups excluding carboxylic acids is 1. The van der Waals surface area contributed by atoms with E-state index >= 15 is 0 Å². The maximum absolute atomic E-state index is 12.9. The number of aliphatic carboxylic acids is 1. The summed E-state index contributed by atoms with van der Waals surface area (Å²) in [6, 6.07) is -0.615. The third kappa shape index (κ3) is 5.07. The van der Waals surface area contributed by atoms with Crippen LogP contribution < -0.4 is 5.32 Å². The number of hydrogen-bond acceptors (Lipinski definition) is 11. The topological polar surface area (TPSA) is 176 Å². The molecule has 4 heterocycles. The molecule has 184 valence electrons. The number of hydrogen-bond donors (Lipinski definition) is 3. The number of nitrogens with zero attached hydrogens (tertiary/aromatic N) is 6. The molecule has 3 N–H and O–H groups in total. The van der Waals surface area contributed by atoms with Crippen LogP contribution in [0.3, 0.4) is 0 Å². The molecule has 2 atom stereocenters. The first-order valence-electron chi connectivity index (χ1n) is 10.5. The summed E-state index contributed by atoms with van der Waals surface area (Å²) in [5.74, 6) is -0.0651. The molecular weight excluding hydrogens is 504 g/mol. The number of carbonyl (C=O) groups is 2.